The molecule has 0 aliphatic carbocycles. The van der Waals surface area contributed by atoms with Crippen molar-refractivity contribution >= 4 is 22.6 Å². The Morgan fingerprint density at radius 2 is 2.14 bits per heavy atom. The Hall–Kier alpha value is -1.04. The van der Waals surface area contributed by atoms with Crippen LogP contribution in [0.25, 0.3) is 0 Å². The minimum Gasteiger partial charge on any atom is -0.404 e. The number of aromatic nitrogens is 1. The summed E-state index contributed by atoms with van der Waals surface area (Å²) in [7, 11) is 0. The van der Waals surface area contributed by atoms with E-state index in [1.54, 1.807) is 28.7 Å². The molecule has 0 unspecified atom stereocenters. The average molecular weight is 314 g/mol. The summed E-state index contributed by atoms with van der Waals surface area (Å²) in [4.78, 5) is 3.57. The van der Waals surface area contributed by atoms with E-state index in [1.807, 2.05) is 0 Å². The van der Waals surface area contributed by atoms with Gasteiger partial charge in [-0.3, -0.25) is 0 Å². The van der Waals surface area contributed by atoms with Gasteiger partial charge in [-0.25, -0.2) is 4.98 Å². The van der Waals surface area contributed by atoms with Gasteiger partial charge in [0.25, 0.3) is 0 Å². The summed E-state index contributed by atoms with van der Waals surface area (Å²) < 4.78 is 39.1. The smallest absolute Gasteiger partial charge is 0.404 e. The molecular weight excluding hydrogens is 312 g/mol. The van der Waals surface area contributed by atoms with E-state index in [9.17, 15) is 13.2 Å². The van der Waals surface area contributed by atoms with Crippen molar-refractivity contribution in [1.29, 1.82) is 5.26 Å². The lowest BCUT2D eigenvalue weighted by Gasteiger charge is -2.08. The van der Waals surface area contributed by atoms with E-state index >= 15 is 0 Å². The minimum absolute atomic E-state index is 0.0485. The number of nitrogens with zero attached hydrogens (tertiary/aromatic N) is 2. The molecule has 7 heteroatoms. The monoisotopic (exact) mass is 314 g/mol. The molecule has 0 bridgehead atoms. The predicted octanol–water partition coefficient (Wildman–Crippen LogP) is 2.46. The number of rotatable bonds is 1. The van der Waals surface area contributed by atoms with Gasteiger partial charge in [-0.15, -0.1) is 13.2 Å². The molecule has 0 atom stereocenters. The number of ether oxygens (including phenoxy) is 1. The normalized spacial score (nSPS) is 10.8. The second-order valence-electron chi connectivity index (χ2n) is 2.17. The molecule has 1 rings (SSSR count). The van der Waals surface area contributed by atoms with Crippen LogP contribution in [0, 0.1) is 15.0 Å². The molecule has 0 aromatic carbocycles. The fourth-order valence-corrected chi connectivity index (χ4v) is 1.11. The lowest BCUT2D eigenvalue weighted by Crippen LogP contribution is -2.17. The molecule has 3 nitrogen and oxygen atoms in total. The first-order chi connectivity index (χ1) is 6.42. The molecule has 1 aromatic heterocycles. The summed E-state index contributed by atoms with van der Waals surface area (Å²) in [6, 6.07) is 2.69. The van der Waals surface area contributed by atoms with Gasteiger partial charge in [0, 0.05) is 6.07 Å². The molecule has 0 aliphatic rings. The summed E-state index contributed by atoms with van der Waals surface area (Å²) in [5, 5.41) is 8.51. The number of hydrogen-bond donors (Lipinski definition) is 0. The molecule has 0 spiro atoms. The Bertz CT molecular complexity index is 386. The summed E-state index contributed by atoms with van der Waals surface area (Å²) in [6.45, 7) is 0. The molecule has 0 radical (unpaired) electrons. The van der Waals surface area contributed by atoms with Crippen LogP contribution in [0.4, 0.5) is 13.2 Å². The van der Waals surface area contributed by atoms with Crippen LogP contribution < -0.4 is 4.74 Å². The van der Waals surface area contributed by atoms with Crippen molar-refractivity contribution < 1.29 is 17.9 Å². The van der Waals surface area contributed by atoms with E-state index in [-0.39, 0.29) is 5.56 Å². The highest BCUT2D eigenvalue weighted by Crippen LogP contribution is 2.23. The van der Waals surface area contributed by atoms with Crippen LogP contribution in [0.2, 0.25) is 0 Å². The fraction of sp³-hybridized carbons (Fsp3) is 0.143. The topological polar surface area (TPSA) is 45.9 Å². The molecule has 1 heterocycles. The van der Waals surface area contributed by atoms with Gasteiger partial charge in [-0.1, -0.05) is 0 Å². The zero-order valence-corrected chi connectivity index (χ0v) is 8.63. The zero-order chi connectivity index (χ0) is 10.8. The van der Waals surface area contributed by atoms with Gasteiger partial charge in [0.2, 0.25) is 0 Å². The van der Waals surface area contributed by atoms with Crippen molar-refractivity contribution in [2.24, 2.45) is 0 Å². The molecule has 14 heavy (non-hydrogen) atoms. The van der Waals surface area contributed by atoms with Crippen molar-refractivity contribution in [3.8, 4) is 11.8 Å². The number of pyridine rings is 1. The summed E-state index contributed by atoms with van der Waals surface area (Å²) in [5.41, 5.74) is 0.0485. The van der Waals surface area contributed by atoms with Crippen molar-refractivity contribution in [3.05, 3.63) is 21.5 Å². The maximum Gasteiger partial charge on any atom is 0.573 e. The Kier molecular flexibility index (Phi) is 3.15. The fourth-order valence-electron chi connectivity index (χ4n) is 0.697. The lowest BCUT2D eigenvalue weighted by atomic mass is 10.3. The van der Waals surface area contributed by atoms with Crippen LogP contribution in [-0.2, 0) is 0 Å². The van der Waals surface area contributed by atoms with E-state index in [1.165, 1.54) is 0 Å². The van der Waals surface area contributed by atoms with Crippen LogP contribution in [0.1, 0.15) is 5.56 Å². The van der Waals surface area contributed by atoms with Crippen molar-refractivity contribution in [1.82, 2.24) is 4.98 Å². The van der Waals surface area contributed by atoms with Crippen LogP contribution in [0.5, 0.6) is 5.75 Å². The molecule has 0 amide bonds. The lowest BCUT2D eigenvalue weighted by molar-refractivity contribution is -0.274. The van der Waals surface area contributed by atoms with Gasteiger partial charge in [0.15, 0.2) is 0 Å². The second-order valence-corrected chi connectivity index (χ2v) is 3.19. The third-order valence-electron chi connectivity index (χ3n) is 1.17. The molecule has 74 valence electrons. The maximum absolute atomic E-state index is 11.7. The number of nitriles is 1. The van der Waals surface area contributed by atoms with Crippen molar-refractivity contribution in [3.63, 3.8) is 0 Å². The van der Waals surface area contributed by atoms with Crippen molar-refractivity contribution in [2.45, 2.75) is 6.36 Å². The van der Waals surface area contributed by atoms with Gasteiger partial charge in [0.1, 0.15) is 15.5 Å². The highest BCUT2D eigenvalue weighted by atomic mass is 127. The van der Waals surface area contributed by atoms with E-state index in [0.29, 0.717) is 3.70 Å². The first-order valence-electron chi connectivity index (χ1n) is 3.24. The van der Waals surface area contributed by atoms with Crippen LogP contribution in [-0.4, -0.2) is 11.3 Å². The predicted molar refractivity (Wildman–Crippen MR) is 48.4 cm³/mol. The number of alkyl halides is 3. The quantitative estimate of drug-likeness (QED) is 0.591. The van der Waals surface area contributed by atoms with E-state index in [2.05, 4.69) is 9.72 Å². The van der Waals surface area contributed by atoms with E-state index < -0.39 is 12.1 Å². The van der Waals surface area contributed by atoms with Crippen LogP contribution >= 0.6 is 22.6 Å². The van der Waals surface area contributed by atoms with Gasteiger partial charge in [0.05, 0.1) is 11.8 Å². The van der Waals surface area contributed by atoms with Gasteiger partial charge < -0.3 is 4.74 Å². The standard InChI is InChI=1S/C7H2F3IN2O/c8-7(9,10)14-5-1-4(2-12)6(11)13-3-5/h1,3H. The molecule has 1 aromatic rings. The largest absolute Gasteiger partial charge is 0.573 e. The summed E-state index contributed by atoms with van der Waals surface area (Å²) in [6.07, 6.45) is -3.85. The first kappa shape index (κ1) is 11.0. The summed E-state index contributed by atoms with van der Waals surface area (Å²) >= 11 is 1.74. The van der Waals surface area contributed by atoms with Crippen molar-refractivity contribution in [2.75, 3.05) is 0 Å². The highest BCUT2D eigenvalue weighted by Gasteiger charge is 2.31. The maximum atomic E-state index is 11.7. The van der Waals surface area contributed by atoms with E-state index in [4.69, 9.17) is 5.26 Å². The highest BCUT2D eigenvalue weighted by molar-refractivity contribution is 14.1. The van der Waals surface area contributed by atoms with E-state index in [0.717, 1.165) is 12.3 Å². The van der Waals surface area contributed by atoms with Gasteiger partial charge >= 0.3 is 6.36 Å². The minimum atomic E-state index is -4.76. The molecule has 0 aliphatic heterocycles. The molecule has 0 saturated heterocycles. The Labute approximate surface area is 90.6 Å². The summed E-state index contributed by atoms with van der Waals surface area (Å²) in [5.74, 6) is -0.491. The second kappa shape index (κ2) is 4.00. The Balaban J connectivity index is 2.97. The third-order valence-corrected chi connectivity index (χ3v) is 2.03. The third kappa shape index (κ3) is 3.02. The molecule has 0 fully saturated rings. The molecular formula is C7H2F3IN2O. The molecule has 0 N–H and O–H groups in total. The SMILES string of the molecule is N#Cc1cc(OC(F)(F)F)cnc1I. The number of halogens is 4. The number of hydrogen-bond acceptors (Lipinski definition) is 3. The first-order valence-corrected chi connectivity index (χ1v) is 4.31. The zero-order valence-electron chi connectivity index (χ0n) is 6.47. The Morgan fingerprint density at radius 3 is 2.64 bits per heavy atom. The Morgan fingerprint density at radius 1 is 1.50 bits per heavy atom. The van der Waals surface area contributed by atoms with Crippen LogP contribution in [0.15, 0.2) is 12.3 Å². The molecule has 0 saturated carbocycles. The van der Waals surface area contributed by atoms with Gasteiger partial charge in [-0.05, 0) is 22.6 Å². The van der Waals surface area contributed by atoms with Crippen LogP contribution in [0.3, 0.4) is 0 Å². The average Bonchev–Trinajstić information content (AvgIpc) is 2.06. The van der Waals surface area contributed by atoms with Gasteiger partial charge in [-0.2, -0.15) is 5.26 Å².